The molecule has 1 heterocycles. The summed E-state index contributed by atoms with van der Waals surface area (Å²) in [4.78, 5) is 15.9. The molecule has 1 amide bonds. The fraction of sp³-hybridized carbons (Fsp3) is 0.211. The van der Waals surface area contributed by atoms with Crippen molar-refractivity contribution in [2.24, 2.45) is 0 Å². The highest BCUT2D eigenvalue weighted by Crippen LogP contribution is 2.26. The zero-order valence-corrected chi connectivity index (χ0v) is 15.7. The summed E-state index contributed by atoms with van der Waals surface area (Å²) in [6.07, 6.45) is 0.363. The van der Waals surface area contributed by atoms with Gasteiger partial charge in [-0.25, -0.2) is 0 Å². The van der Waals surface area contributed by atoms with Gasteiger partial charge in [-0.3, -0.25) is 9.32 Å². The summed E-state index contributed by atoms with van der Waals surface area (Å²) in [7, 11) is 0. The van der Waals surface area contributed by atoms with Crippen LogP contribution in [0.3, 0.4) is 0 Å². The number of amides is 1. The third-order valence-electron chi connectivity index (χ3n) is 3.73. The average molecular weight is 424 g/mol. The Morgan fingerprint density at radius 3 is 2.66 bits per heavy atom. The fourth-order valence-electron chi connectivity index (χ4n) is 2.38. The smallest absolute Gasteiger partial charge is 0.418 e. The van der Waals surface area contributed by atoms with Crippen LogP contribution in [0.25, 0.3) is 11.4 Å². The zero-order valence-electron chi connectivity index (χ0n) is 15.0. The molecule has 7 nitrogen and oxygen atoms in total. The maximum absolute atomic E-state index is 12.1. The summed E-state index contributed by atoms with van der Waals surface area (Å²) in [5.74, 6) is -0.0395. The van der Waals surface area contributed by atoms with Crippen LogP contribution in [0.15, 0.2) is 53.1 Å². The predicted octanol–water partition coefficient (Wildman–Crippen LogP) is 3.73. The number of carbonyl (C=O) groups excluding carboxylic acids is 1. The Kier molecular flexibility index (Phi) is 6.96. The summed E-state index contributed by atoms with van der Waals surface area (Å²) >= 11 is 6.07. The Morgan fingerprint density at radius 1 is 1.17 bits per heavy atom. The van der Waals surface area contributed by atoms with Gasteiger partial charge in [0.15, 0.2) is 6.61 Å². The molecule has 2 aromatic carbocycles. The highest BCUT2D eigenvalue weighted by Gasteiger charge is 2.13. The molecule has 0 unspecified atom stereocenters. The lowest BCUT2D eigenvalue weighted by molar-refractivity contribution is -0.123. The summed E-state index contributed by atoms with van der Waals surface area (Å²) < 4.78 is 38.6. The first kappa shape index (κ1) is 20.5. The van der Waals surface area contributed by atoms with Crippen molar-refractivity contribution in [3.05, 3.63) is 59.1 Å². The Labute approximate surface area is 169 Å². The van der Waals surface area contributed by atoms with Crippen LogP contribution in [0, 0.1) is 0 Å². The predicted molar refractivity (Wildman–Crippen MR) is 100 cm³/mol. The molecule has 3 aromatic rings. The molecule has 29 heavy (non-hydrogen) atoms. The van der Waals surface area contributed by atoms with Crippen molar-refractivity contribution < 1.29 is 27.6 Å². The molecule has 1 aromatic heterocycles. The molecule has 0 aliphatic rings. The van der Waals surface area contributed by atoms with Crippen LogP contribution in [-0.2, 0) is 11.2 Å². The molecule has 0 aliphatic carbocycles. The Morgan fingerprint density at radius 2 is 1.93 bits per heavy atom. The van der Waals surface area contributed by atoms with E-state index in [1.807, 2.05) is 0 Å². The van der Waals surface area contributed by atoms with E-state index in [0.717, 1.165) is 5.56 Å². The van der Waals surface area contributed by atoms with E-state index in [9.17, 15) is 13.6 Å². The second-order valence-corrected chi connectivity index (χ2v) is 6.18. The van der Waals surface area contributed by atoms with E-state index in [0.29, 0.717) is 23.6 Å². The maximum Gasteiger partial charge on any atom is 0.418 e. The molecule has 152 valence electrons. The molecule has 0 atom stereocenters. The molecule has 0 saturated heterocycles. The summed E-state index contributed by atoms with van der Waals surface area (Å²) in [6, 6.07) is 13.2. The second kappa shape index (κ2) is 9.83. The first-order chi connectivity index (χ1) is 14.0. The van der Waals surface area contributed by atoms with Crippen molar-refractivity contribution in [3.8, 4) is 23.2 Å². The van der Waals surface area contributed by atoms with E-state index in [4.69, 9.17) is 20.9 Å². The number of ether oxygens (including phenoxy) is 2. The van der Waals surface area contributed by atoms with Crippen molar-refractivity contribution in [1.29, 1.82) is 0 Å². The monoisotopic (exact) mass is 423 g/mol. The van der Waals surface area contributed by atoms with E-state index in [-0.39, 0.29) is 30.2 Å². The quantitative estimate of drug-likeness (QED) is 0.564. The largest absolute Gasteiger partial charge is 0.439 e. The third-order valence-corrected chi connectivity index (χ3v) is 4.06. The standard InChI is InChI=1S/C19H16ClF2N3O4/c20-15-4-2-1-3-14(15)17-24-19(29-25-17)27-11-16(26)23-10-9-12-5-7-13(8-6-12)28-18(21)22/h1-8,18H,9-11H2,(H,23,26). The summed E-state index contributed by atoms with van der Waals surface area (Å²) in [5, 5.41) is 6.90. The number of alkyl halides is 2. The number of rotatable bonds is 9. The molecule has 0 radical (unpaired) electrons. The minimum Gasteiger partial charge on any atom is -0.439 e. The first-order valence-electron chi connectivity index (χ1n) is 8.53. The number of nitrogens with one attached hydrogen (secondary N) is 1. The van der Waals surface area contributed by atoms with Crippen LogP contribution in [0.5, 0.6) is 11.8 Å². The number of halogens is 3. The van der Waals surface area contributed by atoms with E-state index in [2.05, 4.69) is 20.2 Å². The molecule has 0 aliphatic heterocycles. The molecule has 10 heteroatoms. The van der Waals surface area contributed by atoms with Crippen molar-refractivity contribution in [2.45, 2.75) is 13.0 Å². The van der Waals surface area contributed by atoms with Crippen LogP contribution in [0.2, 0.25) is 5.02 Å². The van der Waals surface area contributed by atoms with Crippen molar-refractivity contribution in [3.63, 3.8) is 0 Å². The summed E-state index contributed by atoms with van der Waals surface area (Å²) in [5.41, 5.74) is 1.44. The van der Waals surface area contributed by atoms with Gasteiger partial charge in [0, 0.05) is 12.1 Å². The molecule has 0 bridgehead atoms. The Bertz CT molecular complexity index is 951. The van der Waals surface area contributed by atoms with Crippen LogP contribution in [0.1, 0.15) is 5.56 Å². The van der Waals surface area contributed by atoms with Gasteiger partial charge < -0.3 is 14.8 Å². The van der Waals surface area contributed by atoms with Gasteiger partial charge in [0.1, 0.15) is 5.75 Å². The second-order valence-electron chi connectivity index (χ2n) is 5.77. The Hall–Kier alpha value is -3.20. The molecule has 3 rings (SSSR count). The first-order valence-corrected chi connectivity index (χ1v) is 8.91. The number of aromatic nitrogens is 2. The van der Waals surface area contributed by atoms with Gasteiger partial charge in [0.05, 0.1) is 5.02 Å². The molecule has 1 N–H and O–H groups in total. The highest BCUT2D eigenvalue weighted by molar-refractivity contribution is 6.33. The molecular formula is C19H16ClF2N3O4. The van der Waals surface area contributed by atoms with Crippen LogP contribution in [0.4, 0.5) is 8.78 Å². The molecular weight excluding hydrogens is 408 g/mol. The number of nitrogens with zero attached hydrogens (tertiary/aromatic N) is 2. The average Bonchev–Trinajstić information content (AvgIpc) is 3.16. The molecule has 0 spiro atoms. The molecule has 0 fully saturated rings. The van der Waals surface area contributed by atoms with Gasteiger partial charge >= 0.3 is 12.7 Å². The highest BCUT2D eigenvalue weighted by atomic mass is 35.5. The lowest BCUT2D eigenvalue weighted by Crippen LogP contribution is -2.30. The van der Waals surface area contributed by atoms with Crippen molar-refractivity contribution in [1.82, 2.24) is 15.5 Å². The zero-order chi connectivity index (χ0) is 20.6. The maximum atomic E-state index is 12.1. The van der Waals surface area contributed by atoms with Gasteiger partial charge in [-0.2, -0.15) is 13.8 Å². The van der Waals surface area contributed by atoms with Crippen LogP contribution in [-0.4, -0.2) is 35.8 Å². The van der Waals surface area contributed by atoms with Gasteiger partial charge in [-0.15, -0.1) is 0 Å². The van der Waals surface area contributed by atoms with Gasteiger partial charge in [-0.05, 0) is 36.2 Å². The van der Waals surface area contributed by atoms with Crippen LogP contribution < -0.4 is 14.8 Å². The van der Waals surface area contributed by atoms with E-state index < -0.39 is 6.61 Å². The molecule has 0 saturated carbocycles. The van der Waals surface area contributed by atoms with Gasteiger partial charge in [-0.1, -0.05) is 41.0 Å². The number of hydrogen-bond donors (Lipinski definition) is 1. The third kappa shape index (κ3) is 6.15. The minimum absolute atomic E-state index is 0.0805. The van der Waals surface area contributed by atoms with Gasteiger partial charge in [0.2, 0.25) is 5.82 Å². The van der Waals surface area contributed by atoms with Gasteiger partial charge in [0.25, 0.3) is 5.91 Å². The van der Waals surface area contributed by atoms with Crippen LogP contribution >= 0.6 is 11.6 Å². The number of hydrogen-bond acceptors (Lipinski definition) is 6. The van der Waals surface area contributed by atoms with E-state index in [1.54, 1.807) is 36.4 Å². The van der Waals surface area contributed by atoms with E-state index >= 15 is 0 Å². The SMILES string of the molecule is O=C(COc1nc(-c2ccccc2Cl)no1)NCCc1ccc(OC(F)F)cc1. The lowest BCUT2D eigenvalue weighted by Gasteiger charge is -2.07. The normalized spacial score (nSPS) is 10.8. The van der Waals surface area contributed by atoms with Crippen molar-refractivity contribution >= 4 is 17.5 Å². The van der Waals surface area contributed by atoms with E-state index in [1.165, 1.54) is 12.1 Å². The van der Waals surface area contributed by atoms with Crippen molar-refractivity contribution in [2.75, 3.05) is 13.2 Å². The lowest BCUT2D eigenvalue weighted by atomic mass is 10.1. The fourth-order valence-corrected chi connectivity index (χ4v) is 2.60. The topological polar surface area (TPSA) is 86.5 Å². The number of benzene rings is 2. The number of carbonyl (C=O) groups is 1. The minimum atomic E-state index is -2.86. The summed E-state index contributed by atoms with van der Waals surface area (Å²) in [6.45, 7) is -2.82. The Balaban J connectivity index is 1.41.